The third-order valence-corrected chi connectivity index (χ3v) is 5.76. The molecule has 2 aromatic rings. The van der Waals surface area contributed by atoms with Gasteiger partial charge < -0.3 is 14.7 Å². The summed E-state index contributed by atoms with van der Waals surface area (Å²) < 4.78 is 6.12. The first-order valence-corrected chi connectivity index (χ1v) is 9.53. The number of carbonyl (C=O) groups is 1. The molecule has 2 aliphatic rings. The molecule has 0 saturated carbocycles. The van der Waals surface area contributed by atoms with E-state index in [1.807, 2.05) is 24.3 Å². The summed E-state index contributed by atoms with van der Waals surface area (Å²) in [6.07, 6.45) is 2.05. The fourth-order valence-electron chi connectivity index (χ4n) is 3.99. The fraction of sp³-hybridized carbons (Fsp3) is 0.348. The van der Waals surface area contributed by atoms with Crippen LogP contribution in [0, 0.1) is 0 Å². The number of fused-ring (bicyclic) bond motifs is 2. The maximum Gasteiger partial charge on any atom is 0.310 e. The number of carboxylic acids is 1. The molecule has 1 fully saturated rings. The summed E-state index contributed by atoms with van der Waals surface area (Å²) in [6, 6.07) is 14.3. The van der Waals surface area contributed by atoms with E-state index in [9.17, 15) is 9.90 Å². The quantitative estimate of drug-likeness (QED) is 0.864. The molecule has 0 amide bonds. The number of hydrogen-bond donors (Lipinski definition) is 1. The van der Waals surface area contributed by atoms with E-state index in [1.54, 1.807) is 6.92 Å². The van der Waals surface area contributed by atoms with Gasteiger partial charge in [0.25, 0.3) is 0 Å². The predicted octanol–water partition coefficient (Wildman–Crippen LogP) is 4.29. The Morgan fingerprint density at radius 2 is 1.85 bits per heavy atom. The highest BCUT2D eigenvalue weighted by molar-refractivity contribution is 5.88. The van der Waals surface area contributed by atoms with Gasteiger partial charge in [-0.2, -0.15) is 0 Å². The van der Waals surface area contributed by atoms with Crippen molar-refractivity contribution in [3.63, 3.8) is 0 Å². The summed E-state index contributed by atoms with van der Waals surface area (Å²) in [6.45, 7) is 4.36. The van der Waals surface area contributed by atoms with Gasteiger partial charge in [0.15, 0.2) is 0 Å². The molecule has 4 heteroatoms. The second-order valence-corrected chi connectivity index (χ2v) is 7.54. The van der Waals surface area contributed by atoms with E-state index in [1.165, 1.54) is 22.3 Å². The zero-order valence-corrected chi connectivity index (χ0v) is 15.9. The van der Waals surface area contributed by atoms with Gasteiger partial charge in [-0.25, -0.2) is 0 Å². The Morgan fingerprint density at radius 3 is 2.59 bits per heavy atom. The second kappa shape index (κ2) is 7.20. The van der Waals surface area contributed by atoms with Crippen molar-refractivity contribution >= 4 is 11.5 Å². The van der Waals surface area contributed by atoms with Crippen LogP contribution in [0.3, 0.4) is 0 Å². The van der Waals surface area contributed by atoms with Crippen molar-refractivity contribution in [2.45, 2.75) is 32.3 Å². The summed E-state index contributed by atoms with van der Waals surface area (Å²) in [4.78, 5) is 13.9. The van der Waals surface area contributed by atoms with E-state index in [0.717, 1.165) is 42.8 Å². The van der Waals surface area contributed by atoms with Crippen molar-refractivity contribution < 1.29 is 14.6 Å². The van der Waals surface area contributed by atoms with Crippen LogP contribution in [0.15, 0.2) is 48.0 Å². The number of rotatable bonds is 2. The molecule has 1 N–H and O–H groups in total. The average molecular weight is 363 g/mol. The summed E-state index contributed by atoms with van der Waals surface area (Å²) >= 11 is 0. The molecule has 0 aliphatic carbocycles. The molecule has 140 valence electrons. The standard InChI is InChI=1S/C23H25NO3/c1-15(23(25)26)17-7-8-21-20(13-17)22(16-9-11-24(2)12-10-16)19-6-4-3-5-18(19)14-27-21/h3-8,13,15H,9-12,14H2,1-2H3,(H,25,26). The molecular formula is C23H25NO3. The summed E-state index contributed by atoms with van der Waals surface area (Å²) in [5, 5.41) is 9.45. The molecule has 0 radical (unpaired) electrons. The van der Waals surface area contributed by atoms with Crippen LogP contribution in [0.2, 0.25) is 0 Å². The molecule has 2 aromatic carbocycles. The van der Waals surface area contributed by atoms with Gasteiger partial charge >= 0.3 is 5.97 Å². The average Bonchev–Trinajstić information content (AvgIpc) is 2.84. The highest BCUT2D eigenvalue weighted by atomic mass is 16.5. The topological polar surface area (TPSA) is 49.8 Å². The van der Waals surface area contributed by atoms with Crippen molar-refractivity contribution in [3.05, 3.63) is 70.3 Å². The summed E-state index contributed by atoms with van der Waals surface area (Å²) in [5.41, 5.74) is 6.93. The van der Waals surface area contributed by atoms with Crippen LogP contribution in [0.5, 0.6) is 5.75 Å². The molecule has 1 unspecified atom stereocenters. The zero-order chi connectivity index (χ0) is 19.0. The van der Waals surface area contributed by atoms with E-state index in [4.69, 9.17) is 4.74 Å². The maximum absolute atomic E-state index is 11.5. The van der Waals surface area contributed by atoms with Crippen molar-refractivity contribution in [3.8, 4) is 5.75 Å². The number of piperidine rings is 1. The van der Waals surface area contributed by atoms with Gasteiger partial charge in [-0.15, -0.1) is 0 Å². The normalized spacial score (nSPS) is 18.1. The third kappa shape index (κ3) is 3.37. The molecule has 27 heavy (non-hydrogen) atoms. The Kier molecular flexibility index (Phi) is 4.75. The summed E-state index contributed by atoms with van der Waals surface area (Å²) in [7, 11) is 2.16. The monoisotopic (exact) mass is 363 g/mol. The van der Waals surface area contributed by atoms with E-state index >= 15 is 0 Å². The van der Waals surface area contributed by atoms with Crippen molar-refractivity contribution in [2.24, 2.45) is 0 Å². The van der Waals surface area contributed by atoms with Crippen LogP contribution in [0.4, 0.5) is 0 Å². The van der Waals surface area contributed by atoms with E-state index in [2.05, 4.69) is 30.1 Å². The minimum atomic E-state index is -0.807. The van der Waals surface area contributed by atoms with E-state index in [0.29, 0.717) is 6.61 Å². The number of nitrogens with zero attached hydrogens (tertiary/aromatic N) is 1. The van der Waals surface area contributed by atoms with Gasteiger partial charge in [-0.1, -0.05) is 35.9 Å². The molecule has 4 rings (SSSR count). The van der Waals surface area contributed by atoms with Crippen molar-refractivity contribution in [1.82, 2.24) is 4.90 Å². The molecule has 1 saturated heterocycles. The molecule has 0 spiro atoms. The van der Waals surface area contributed by atoms with E-state index < -0.39 is 11.9 Å². The largest absolute Gasteiger partial charge is 0.488 e. The Labute approximate surface area is 160 Å². The fourth-order valence-corrected chi connectivity index (χ4v) is 3.99. The predicted molar refractivity (Wildman–Crippen MR) is 106 cm³/mol. The van der Waals surface area contributed by atoms with Crippen LogP contribution in [0.1, 0.15) is 47.9 Å². The minimum Gasteiger partial charge on any atom is -0.488 e. The van der Waals surface area contributed by atoms with Gasteiger partial charge in [0.1, 0.15) is 12.4 Å². The molecular weight excluding hydrogens is 338 g/mol. The molecule has 2 aliphatic heterocycles. The lowest BCUT2D eigenvalue weighted by molar-refractivity contribution is -0.138. The van der Waals surface area contributed by atoms with Gasteiger partial charge in [0.2, 0.25) is 0 Å². The minimum absolute atomic E-state index is 0.535. The highest BCUT2D eigenvalue weighted by Gasteiger charge is 2.25. The summed E-state index contributed by atoms with van der Waals surface area (Å²) in [5.74, 6) is -0.509. The Bertz CT molecular complexity index is 906. The van der Waals surface area contributed by atoms with Gasteiger partial charge in [0, 0.05) is 18.7 Å². The lowest BCUT2D eigenvalue weighted by Crippen LogP contribution is -2.27. The molecule has 0 bridgehead atoms. The molecule has 4 nitrogen and oxygen atoms in total. The van der Waals surface area contributed by atoms with Gasteiger partial charge in [-0.05, 0) is 61.2 Å². The third-order valence-electron chi connectivity index (χ3n) is 5.76. The highest BCUT2D eigenvalue weighted by Crippen LogP contribution is 2.42. The van der Waals surface area contributed by atoms with Crippen LogP contribution in [-0.4, -0.2) is 36.1 Å². The van der Waals surface area contributed by atoms with Gasteiger partial charge in [0.05, 0.1) is 5.92 Å². The number of benzene rings is 2. The van der Waals surface area contributed by atoms with Crippen LogP contribution in [0.25, 0.3) is 5.57 Å². The second-order valence-electron chi connectivity index (χ2n) is 7.54. The molecule has 2 heterocycles. The smallest absolute Gasteiger partial charge is 0.310 e. The molecule has 1 atom stereocenters. The Morgan fingerprint density at radius 1 is 1.11 bits per heavy atom. The van der Waals surface area contributed by atoms with Crippen molar-refractivity contribution in [2.75, 3.05) is 20.1 Å². The molecule has 0 aromatic heterocycles. The Hall–Kier alpha value is -2.59. The van der Waals surface area contributed by atoms with Crippen LogP contribution in [-0.2, 0) is 11.4 Å². The van der Waals surface area contributed by atoms with Gasteiger partial charge in [-0.3, -0.25) is 4.79 Å². The lowest BCUT2D eigenvalue weighted by atomic mass is 9.85. The van der Waals surface area contributed by atoms with Crippen LogP contribution < -0.4 is 4.74 Å². The maximum atomic E-state index is 11.5. The Balaban J connectivity index is 1.92. The number of likely N-dealkylation sites (tertiary alicyclic amines) is 1. The first-order chi connectivity index (χ1) is 13.0. The number of ether oxygens (including phenoxy) is 1. The number of carboxylic acid groups (broad SMARTS) is 1. The number of hydrogen-bond acceptors (Lipinski definition) is 3. The SMILES string of the molecule is CC(C(=O)O)c1ccc2c(c1)C(=C1CCN(C)CC1)c1ccccc1CO2. The lowest BCUT2D eigenvalue weighted by Gasteiger charge is -2.27. The first-order valence-electron chi connectivity index (χ1n) is 9.53. The van der Waals surface area contributed by atoms with Crippen LogP contribution >= 0.6 is 0 Å². The number of aliphatic carboxylic acids is 1. The first kappa shape index (κ1) is 17.8. The van der Waals surface area contributed by atoms with Crippen molar-refractivity contribution in [1.29, 1.82) is 0 Å². The zero-order valence-electron chi connectivity index (χ0n) is 15.9. The van der Waals surface area contributed by atoms with E-state index in [-0.39, 0.29) is 0 Å².